The molecule has 0 amide bonds. The minimum atomic E-state index is 1.62. The van der Waals surface area contributed by atoms with Crippen molar-refractivity contribution in [2.45, 2.75) is 6.92 Å². The van der Waals surface area contributed by atoms with Gasteiger partial charge in [0.2, 0.25) is 0 Å². The van der Waals surface area contributed by atoms with Crippen LogP contribution < -0.4 is 0 Å². The number of hydrogen-bond acceptors (Lipinski definition) is 0. The first kappa shape index (κ1) is 4.48. The molecular formula is C5H7. The molecule has 0 saturated heterocycles. The summed E-state index contributed by atoms with van der Waals surface area (Å²) in [6.07, 6.45) is 6.19. The zero-order chi connectivity index (χ0) is 4.12. The third-order valence-corrected chi connectivity index (χ3v) is 0.285. The molecule has 0 nitrogen and oxygen atoms in total. The van der Waals surface area contributed by atoms with Crippen molar-refractivity contribution in [2.75, 3.05) is 0 Å². The van der Waals surface area contributed by atoms with Gasteiger partial charge in [-0.1, -0.05) is 18.7 Å². The number of rotatable bonds is 1. The Bertz CT molecular complexity index is 42.0. The summed E-state index contributed by atoms with van der Waals surface area (Å²) in [6, 6.07) is 0. The maximum atomic E-state index is 3.41. The van der Waals surface area contributed by atoms with Crippen molar-refractivity contribution in [1.29, 1.82) is 0 Å². The van der Waals surface area contributed by atoms with Crippen LogP contribution in [0, 0.1) is 6.08 Å². The van der Waals surface area contributed by atoms with E-state index in [4.69, 9.17) is 0 Å². The van der Waals surface area contributed by atoms with Crippen molar-refractivity contribution in [2.24, 2.45) is 0 Å². The van der Waals surface area contributed by atoms with E-state index in [2.05, 4.69) is 12.7 Å². The van der Waals surface area contributed by atoms with Crippen LogP contribution in [0.3, 0.4) is 0 Å². The molecule has 0 heterocycles. The zero-order valence-corrected chi connectivity index (χ0v) is 3.36. The monoisotopic (exact) mass is 67.1 g/mol. The second-order valence-electron chi connectivity index (χ2n) is 0.659. The summed E-state index contributed by atoms with van der Waals surface area (Å²) < 4.78 is 0. The lowest BCUT2D eigenvalue weighted by Gasteiger charge is -1.54. The van der Waals surface area contributed by atoms with E-state index in [0.29, 0.717) is 0 Å². The lowest BCUT2D eigenvalue weighted by Crippen LogP contribution is -1.36. The van der Waals surface area contributed by atoms with E-state index in [1.54, 1.807) is 6.08 Å². The Balaban J connectivity index is 2.92. The first-order valence-electron chi connectivity index (χ1n) is 1.56. The smallest absolute Gasteiger partial charge is 0.0236 e. The molecule has 0 aromatic carbocycles. The van der Waals surface area contributed by atoms with Crippen molar-refractivity contribution in [3.63, 3.8) is 0 Å². The molecule has 0 aromatic heterocycles. The highest BCUT2D eigenvalue weighted by Crippen LogP contribution is 1.62. The molecule has 0 rings (SSSR count). The summed E-state index contributed by atoms with van der Waals surface area (Å²) in [5, 5.41) is 0. The summed E-state index contributed by atoms with van der Waals surface area (Å²) >= 11 is 0. The standard InChI is InChI=1S/C5H7/c1-3-5-4-2/h3-4H,1H2,2H3. The molecule has 0 atom stereocenters. The Morgan fingerprint density at radius 1 is 1.80 bits per heavy atom. The molecular weight excluding hydrogens is 60.1 g/mol. The molecule has 0 saturated carbocycles. The van der Waals surface area contributed by atoms with E-state index < -0.39 is 0 Å². The molecule has 5 heavy (non-hydrogen) atoms. The van der Waals surface area contributed by atoms with Crippen LogP contribution in [-0.2, 0) is 0 Å². The highest BCUT2D eigenvalue weighted by molar-refractivity contribution is 4.85. The summed E-state index contributed by atoms with van der Waals surface area (Å²) in [4.78, 5) is 0. The summed E-state index contributed by atoms with van der Waals surface area (Å²) in [7, 11) is 0. The third-order valence-electron chi connectivity index (χ3n) is 0.285. The molecule has 0 aromatic rings. The lowest BCUT2D eigenvalue weighted by atomic mass is 10.5. The minimum Gasteiger partial charge on any atom is -0.0985 e. The number of hydrogen-bond donors (Lipinski definition) is 0. The summed E-state index contributed by atoms with van der Waals surface area (Å²) in [6.45, 7) is 5.31. The molecule has 0 N–H and O–H groups in total. The maximum absolute atomic E-state index is 3.41. The van der Waals surface area contributed by atoms with Crippen LogP contribution >= 0.6 is 0 Å². The molecule has 0 unspecified atom stereocenters. The Morgan fingerprint density at radius 3 is 2.40 bits per heavy atom. The third kappa shape index (κ3) is 3.48. The van der Waals surface area contributed by atoms with Crippen LogP contribution in [0.15, 0.2) is 18.7 Å². The van der Waals surface area contributed by atoms with Gasteiger partial charge in [-0.3, -0.25) is 0 Å². The zero-order valence-electron chi connectivity index (χ0n) is 3.36. The van der Waals surface area contributed by atoms with Gasteiger partial charge < -0.3 is 0 Å². The summed E-state index contributed by atoms with van der Waals surface area (Å²) in [5.74, 6) is 0. The first-order valence-corrected chi connectivity index (χ1v) is 1.56. The fraction of sp³-hybridized carbons (Fsp3) is 0.200. The van der Waals surface area contributed by atoms with Crippen LogP contribution in [0.2, 0.25) is 0 Å². The lowest BCUT2D eigenvalue weighted by molar-refractivity contribution is 1.70. The van der Waals surface area contributed by atoms with E-state index in [1.165, 1.54) is 0 Å². The Kier molecular flexibility index (Phi) is 3.12. The van der Waals surface area contributed by atoms with E-state index in [1.807, 2.05) is 13.0 Å². The van der Waals surface area contributed by atoms with Crippen LogP contribution in [0.4, 0.5) is 0 Å². The maximum Gasteiger partial charge on any atom is -0.0236 e. The van der Waals surface area contributed by atoms with Crippen molar-refractivity contribution in [1.82, 2.24) is 0 Å². The first-order chi connectivity index (χ1) is 2.41. The number of allylic oxidation sites excluding steroid dienone is 3. The predicted molar refractivity (Wildman–Crippen MR) is 23.7 cm³/mol. The predicted octanol–water partition coefficient (Wildman–Crippen LogP) is 1.55. The van der Waals surface area contributed by atoms with E-state index in [9.17, 15) is 0 Å². The van der Waals surface area contributed by atoms with Gasteiger partial charge in [0.05, 0.1) is 0 Å². The molecule has 0 fully saturated rings. The van der Waals surface area contributed by atoms with Crippen molar-refractivity contribution in [3.05, 3.63) is 24.8 Å². The normalized spacial score (nSPS) is 9.00. The van der Waals surface area contributed by atoms with E-state index in [-0.39, 0.29) is 0 Å². The molecule has 0 aliphatic heterocycles. The molecule has 0 aliphatic carbocycles. The van der Waals surface area contributed by atoms with E-state index >= 15 is 0 Å². The van der Waals surface area contributed by atoms with Gasteiger partial charge in [0.1, 0.15) is 0 Å². The highest BCUT2D eigenvalue weighted by Gasteiger charge is 1.43. The minimum absolute atomic E-state index is 1.62. The second-order valence-corrected chi connectivity index (χ2v) is 0.659. The van der Waals surface area contributed by atoms with Gasteiger partial charge in [-0.15, -0.1) is 0 Å². The SMILES string of the molecule is C=C/[C]=C/C. The molecule has 27 valence electrons. The van der Waals surface area contributed by atoms with Crippen molar-refractivity contribution >= 4 is 0 Å². The Labute approximate surface area is 32.8 Å². The average molecular weight is 67.1 g/mol. The van der Waals surface area contributed by atoms with Gasteiger partial charge >= 0.3 is 0 Å². The van der Waals surface area contributed by atoms with Gasteiger partial charge in [-0.05, 0) is 13.0 Å². The Hall–Kier alpha value is -0.520. The second kappa shape index (κ2) is 3.48. The molecule has 0 spiro atoms. The van der Waals surface area contributed by atoms with Crippen LogP contribution in [0.25, 0.3) is 0 Å². The van der Waals surface area contributed by atoms with Gasteiger partial charge in [-0.2, -0.15) is 0 Å². The van der Waals surface area contributed by atoms with Gasteiger partial charge in [-0.25, -0.2) is 0 Å². The van der Waals surface area contributed by atoms with Crippen LogP contribution in [-0.4, -0.2) is 0 Å². The molecule has 0 bridgehead atoms. The Morgan fingerprint density at radius 2 is 2.40 bits per heavy atom. The van der Waals surface area contributed by atoms with Crippen molar-refractivity contribution in [3.8, 4) is 0 Å². The molecule has 0 heteroatoms. The van der Waals surface area contributed by atoms with Gasteiger partial charge in [0.15, 0.2) is 0 Å². The molecule has 0 aliphatic rings. The highest BCUT2D eigenvalue weighted by atomic mass is 13.5. The van der Waals surface area contributed by atoms with Gasteiger partial charge in [0, 0.05) is 0 Å². The average Bonchev–Trinajstić information content (AvgIpc) is 1.41. The quantitative estimate of drug-likeness (QED) is 0.408. The van der Waals surface area contributed by atoms with Gasteiger partial charge in [0.25, 0.3) is 0 Å². The van der Waals surface area contributed by atoms with E-state index in [0.717, 1.165) is 0 Å². The molecule has 1 radical (unpaired) electrons. The topological polar surface area (TPSA) is 0 Å². The largest absolute Gasteiger partial charge is 0.0985 e. The fourth-order valence-electron chi connectivity index (χ4n) is 0.118. The summed E-state index contributed by atoms with van der Waals surface area (Å²) in [5.41, 5.74) is 0. The van der Waals surface area contributed by atoms with Crippen LogP contribution in [0.1, 0.15) is 6.92 Å². The fourth-order valence-corrected chi connectivity index (χ4v) is 0.118. The van der Waals surface area contributed by atoms with Crippen LogP contribution in [0.5, 0.6) is 0 Å². The van der Waals surface area contributed by atoms with Crippen molar-refractivity contribution < 1.29 is 0 Å².